The molecule has 1 heterocycles. The summed E-state index contributed by atoms with van der Waals surface area (Å²) in [5, 5.41) is 12.1. The predicted octanol–water partition coefficient (Wildman–Crippen LogP) is 1.72. The van der Waals surface area contributed by atoms with Crippen molar-refractivity contribution in [2.45, 2.75) is 31.8 Å². The van der Waals surface area contributed by atoms with E-state index in [-0.39, 0.29) is 6.42 Å². The SMILES string of the molecule is O=C(O)CCCC1CNCCN1Cc1ccccc1. The van der Waals surface area contributed by atoms with Crippen molar-refractivity contribution in [2.75, 3.05) is 19.6 Å². The lowest BCUT2D eigenvalue weighted by atomic mass is 10.0. The van der Waals surface area contributed by atoms with Gasteiger partial charge in [0.15, 0.2) is 0 Å². The quantitative estimate of drug-likeness (QED) is 0.819. The molecule has 0 aliphatic carbocycles. The summed E-state index contributed by atoms with van der Waals surface area (Å²) >= 11 is 0. The van der Waals surface area contributed by atoms with E-state index < -0.39 is 5.97 Å². The molecule has 0 amide bonds. The highest BCUT2D eigenvalue weighted by Gasteiger charge is 2.21. The number of carbonyl (C=O) groups is 1. The number of piperazine rings is 1. The molecule has 1 fully saturated rings. The summed E-state index contributed by atoms with van der Waals surface area (Å²) in [5.74, 6) is -0.696. The Hall–Kier alpha value is -1.39. The standard InChI is InChI=1S/C15H22N2O2/c18-15(19)8-4-7-14-11-16-9-10-17(14)12-13-5-2-1-3-6-13/h1-3,5-6,14,16H,4,7-12H2,(H,18,19). The van der Waals surface area contributed by atoms with Crippen molar-refractivity contribution in [3.05, 3.63) is 35.9 Å². The molecule has 0 spiro atoms. The van der Waals surface area contributed by atoms with E-state index in [0.29, 0.717) is 6.04 Å². The maximum absolute atomic E-state index is 10.6. The first-order valence-electron chi connectivity index (χ1n) is 6.96. The Bertz CT molecular complexity index is 394. The zero-order valence-corrected chi connectivity index (χ0v) is 11.2. The Morgan fingerprint density at radius 2 is 2.16 bits per heavy atom. The second kappa shape index (κ2) is 7.26. The summed E-state index contributed by atoms with van der Waals surface area (Å²) in [7, 11) is 0. The van der Waals surface area contributed by atoms with Crippen molar-refractivity contribution in [3.8, 4) is 0 Å². The van der Waals surface area contributed by atoms with Crippen molar-refractivity contribution in [1.82, 2.24) is 10.2 Å². The number of benzene rings is 1. The van der Waals surface area contributed by atoms with Crippen LogP contribution in [-0.2, 0) is 11.3 Å². The van der Waals surface area contributed by atoms with Crippen LogP contribution in [0.2, 0.25) is 0 Å². The Morgan fingerprint density at radius 3 is 2.89 bits per heavy atom. The third-order valence-corrected chi connectivity index (χ3v) is 3.63. The zero-order valence-electron chi connectivity index (χ0n) is 11.2. The number of hydrogen-bond donors (Lipinski definition) is 2. The summed E-state index contributed by atoms with van der Waals surface area (Å²) in [6.07, 6.45) is 1.98. The number of hydrogen-bond acceptors (Lipinski definition) is 3. The van der Waals surface area contributed by atoms with Crippen molar-refractivity contribution < 1.29 is 9.90 Å². The minimum atomic E-state index is -0.696. The van der Waals surface area contributed by atoms with Gasteiger partial charge in [-0.3, -0.25) is 9.69 Å². The zero-order chi connectivity index (χ0) is 13.5. The molecular formula is C15H22N2O2. The van der Waals surface area contributed by atoms with E-state index >= 15 is 0 Å². The summed E-state index contributed by atoms with van der Waals surface area (Å²) in [6.45, 7) is 3.97. The molecule has 2 rings (SSSR count). The molecule has 1 saturated heterocycles. The van der Waals surface area contributed by atoms with Gasteiger partial charge in [0.2, 0.25) is 0 Å². The van der Waals surface area contributed by atoms with Crippen molar-refractivity contribution in [1.29, 1.82) is 0 Å². The van der Waals surface area contributed by atoms with Gasteiger partial charge in [-0.15, -0.1) is 0 Å². The molecule has 1 atom stereocenters. The Labute approximate surface area is 114 Å². The van der Waals surface area contributed by atoms with Crippen molar-refractivity contribution in [3.63, 3.8) is 0 Å². The summed E-state index contributed by atoms with van der Waals surface area (Å²) < 4.78 is 0. The first-order valence-corrected chi connectivity index (χ1v) is 6.96. The minimum Gasteiger partial charge on any atom is -0.481 e. The van der Waals surface area contributed by atoms with E-state index in [1.807, 2.05) is 6.07 Å². The smallest absolute Gasteiger partial charge is 0.303 e. The summed E-state index contributed by atoms with van der Waals surface area (Å²) in [6, 6.07) is 10.9. The Morgan fingerprint density at radius 1 is 1.37 bits per heavy atom. The molecule has 2 N–H and O–H groups in total. The average molecular weight is 262 g/mol. The highest BCUT2D eigenvalue weighted by Crippen LogP contribution is 2.15. The molecule has 1 aliphatic heterocycles. The molecule has 4 heteroatoms. The molecule has 4 nitrogen and oxygen atoms in total. The molecule has 0 aromatic heterocycles. The number of carboxylic acid groups (broad SMARTS) is 1. The Balaban J connectivity index is 1.86. The average Bonchev–Trinajstić information content (AvgIpc) is 2.41. The van der Waals surface area contributed by atoms with Crippen LogP contribution in [0.15, 0.2) is 30.3 Å². The van der Waals surface area contributed by atoms with E-state index in [9.17, 15) is 4.79 Å². The summed E-state index contributed by atoms with van der Waals surface area (Å²) in [5.41, 5.74) is 1.33. The van der Waals surface area contributed by atoms with Gasteiger partial charge in [-0.05, 0) is 18.4 Å². The number of rotatable bonds is 6. The second-order valence-electron chi connectivity index (χ2n) is 5.10. The van der Waals surface area contributed by atoms with Gasteiger partial charge < -0.3 is 10.4 Å². The van der Waals surface area contributed by atoms with E-state index in [4.69, 9.17) is 5.11 Å². The lowest BCUT2D eigenvalue weighted by Gasteiger charge is -2.36. The van der Waals surface area contributed by atoms with Gasteiger partial charge in [0.05, 0.1) is 0 Å². The fraction of sp³-hybridized carbons (Fsp3) is 0.533. The molecule has 19 heavy (non-hydrogen) atoms. The number of nitrogens with one attached hydrogen (secondary N) is 1. The summed E-state index contributed by atoms with van der Waals surface area (Å²) in [4.78, 5) is 13.1. The maximum Gasteiger partial charge on any atom is 0.303 e. The minimum absolute atomic E-state index is 0.273. The van der Waals surface area contributed by atoms with E-state index in [0.717, 1.165) is 39.0 Å². The van der Waals surface area contributed by atoms with Crippen LogP contribution in [0.5, 0.6) is 0 Å². The van der Waals surface area contributed by atoms with Gasteiger partial charge >= 0.3 is 5.97 Å². The van der Waals surface area contributed by atoms with Crippen LogP contribution < -0.4 is 5.32 Å². The molecule has 0 saturated carbocycles. The third-order valence-electron chi connectivity index (χ3n) is 3.63. The van der Waals surface area contributed by atoms with E-state index in [1.165, 1.54) is 5.56 Å². The fourth-order valence-corrected chi connectivity index (χ4v) is 2.60. The molecule has 104 valence electrons. The van der Waals surface area contributed by atoms with Crippen LogP contribution in [-0.4, -0.2) is 41.7 Å². The van der Waals surface area contributed by atoms with Crippen molar-refractivity contribution in [2.24, 2.45) is 0 Å². The van der Waals surface area contributed by atoms with Gasteiger partial charge in [-0.2, -0.15) is 0 Å². The van der Waals surface area contributed by atoms with Gasteiger partial charge in [-0.25, -0.2) is 0 Å². The molecule has 1 aliphatic rings. The molecule has 1 unspecified atom stereocenters. The lowest BCUT2D eigenvalue weighted by molar-refractivity contribution is -0.137. The van der Waals surface area contributed by atoms with E-state index in [2.05, 4.69) is 34.5 Å². The van der Waals surface area contributed by atoms with E-state index in [1.54, 1.807) is 0 Å². The number of carboxylic acids is 1. The third kappa shape index (κ3) is 4.65. The molecule has 1 aromatic carbocycles. The molecule has 1 aromatic rings. The largest absolute Gasteiger partial charge is 0.481 e. The molecule has 0 radical (unpaired) electrons. The van der Waals surface area contributed by atoms with Gasteiger partial charge in [-0.1, -0.05) is 30.3 Å². The van der Waals surface area contributed by atoms with Gasteiger partial charge in [0.1, 0.15) is 0 Å². The predicted molar refractivity (Wildman–Crippen MR) is 75.0 cm³/mol. The van der Waals surface area contributed by atoms with Crippen LogP contribution >= 0.6 is 0 Å². The second-order valence-corrected chi connectivity index (χ2v) is 5.10. The van der Waals surface area contributed by atoms with Crippen molar-refractivity contribution >= 4 is 5.97 Å². The van der Waals surface area contributed by atoms with Crippen LogP contribution in [0.3, 0.4) is 0 Å². The first kappa shape index (κ1) is 14.0. The van der Waals surface area contributed by atoms with Crippen LogP contribution in [0, 0.1) is 0 Å². The fourth-order valence-electron chi connectivity index (χ4n) is 2.60. The van der Waals surface area contributed by atoms with Crippen LogP contribution in [0.4, 0.5) is 0 Å². The normalized spacial score (nSPS) is 20.3. The number of nitrogens with zero attached hydrogens (tertiary/aromatic N) is 1. The van der Waals surface area contributed by atoms with Gasteiger partial charge in [0, 0.05) is 38.6 Å². The topological polar surface area (TPSA) is 52.6 Å². The van der Waals surface area contributed by atoms with Crippen LogP contribution in [0.1, 0.15) is 24.8 Å². The number of aliphatic carboxylic acids is 1. The molecular weight excluding hydrogens is 240 g/mol. The Kier molecular flexibility index (Phi) is 5.36. The monoisotopic (exact) mass is 262 g/mol. The molecule has 0 bridgehead atoms. The van der Waals surface area contributed by atoms with Crippen LogP contribution in [0.25, 0.3) is 0 Å². The lowest BCUT2D eigenvalue weighted by Crippen LogP contribution is -2.50. The first-order chi connectivity index (χ1) is 9.25. The highest BCUT2D eigenvalue weighted by molar-refractivity contribution is 5.66. The maximum atomic E-state index is 10.6. The van der Waals surface area contributed by atoms with Gasteiger partial charge in [0.25, 0.3) is 0 Å². The highest BCUT2D eigenvalue weighted by atomic mass is 16.4.